The normalized spacial score (nSPS) is 20.0. The second-order valence-electron chi connectivity index (χ2n) is 5.03. The summed E-state index contributed by atoms with van der Waals surface area (Å²) >= 11 is 0. The zero-order valence-electron chi connectivity index (χ0n) is 12.8. The second kappa shape index (κ2) is 6.80. The summed E-state index contributed by atoms with van der Waals surface area (Å²) in [6.45, 7) is 2.40. The zero-order chi connectivity index (χ0) is 15.4. The Kier molecular flexibility index (Phi) is 5.06. The van der Waals surface area contributed by atoms with Crippen molar-refractivity contribution in [2.45, 2.75) is 19.3 Å². The Balaban J connectivity index is 2.19. The first-order valence-electron chi connectivity index (χ1n) is 6.77. The third-order valence-electron chi connectivity index (χ3n) is 3.17. The van der Waals surface area contributed by atoms with Crippen molar-refractivity contribution in [2.75, 3.05) is 27.9 Å². The number of rotatable bonds is 6. The number of methoxy groups -OCH3 is 2. The predicted octanol–water partition coefficient (Wildman–Crippen LogP) is 1.57. The molecule has 6 heteroatoms. The van der Waals surface area contributed by atoms with Gasteiger partial charge in [0.25, 0.3) is 0 Å². The van der Waals surface area contributed by atoms with Gasteiger partial charge in [0.05, 0.1) is 12.3 Å². The molecule has 0 spiro atoms. The molecule has 1 heterocycles. The van der Waals surface area contributed by atoms with Gasteiger partial charge in [-0.05, 0) is 25.1 Å². The minimum absolute atomic E-state index is 0.0930. The van der Waals surface area contributed by atoms with E-state index in [1.165, 1.54) is 0 Å². The number of hydrogen-bond acceptors (Lipinski definition) is 6. The van der Waals surface area contributed by atoms with Crippen molar-refractivity contribution in [3.63, 3.8) is 0 Å². The largest absolute Gasteiger partial charge is 0.508 e. The Morgan fingerprint density at radius 1 is 1.33 bits per heavy atom. The molecule has 2 rings (SSSR count). The number of phenolic OH excluding ortho intramolecular Hbond substituents is 1. The van der Waals surface area contributed by atoms with Crippen LogP contribution in [0.25, 0.3) is 5.70 Å². The molecule has 0 aliphatic carbocycles. The van der Waals surface area contributed by atoms with Gasteiger partial charge in [0.1, 0.15) is 23.8 Å². The summed E-state index contributed by atoms with van der Waals surface area (Å²) in [4.78, 5) is 0. The molecule has 0 amide bonds. The molecule has 21 heavy (non-hydrogen) atoms. The Morgan fingerprint density at radius 3 is 2.71 bits per heavy atom. The maximum Gasteiger partial charge on any atom is 0.147 e. The van der Waals surface area contributed by atoms with E-state index in [2.05, 4.69) is 5.43 Å². The molecule has 0 bridgehead atoms. The highest BCUT2D eigenvalue weighted by Crippen LogP contribution is 2.28. The first kappa shape index (κ1) is 15.6. The maximum atomic E-state index is 9.87. The molecule has 2 N–H and O–H groups in total. The SMILES string of the molecule is COCC(C)Oc1cc(O)cc(C2=CC(OC)N(C)N2)c1. The molecular formula is C15H22N2O4. The number of aromatic hydroxyl groups is 1. The summed E-state index contributed by atoms with van der Waals surface area (Å²) in [5.74, 6) is 0.749. The van der Waals surface area contributed by atoms with Crippen LogP contribution in [0.1, 0.15) is 12.5 Å². The van der Waals surface area contributed by atoms with Gasteiger partial charge in [-0.3, -0.25) is 0 Å². The molecule has 116 valence electrons. The van der Waals surface area contributed by atoms with E-state index in [4.69, 9.17) is 14.2 Å². The Bertz CT molecular complexity index is 518. The number of hydrogen-bond donors (Lipinski definition) is 2. The van der Waals surface area contributed by atoms with Crippen molar-refractivity contribution in [1.82, 2.24) is 10.4 Å². The van der Waals surface area contributed by atoms with Crippen LogP contribution >= 0.6 is 0 Å². The summed E-state index contributed by atoms with van der Waals surface area (Å²) in [5, 5.41) is 11.7. The van der Waals surface area contributed by atoms with E-state index < -0.39 is 0 Å². The zero-order valence-corrected chi connectivity index (χ0v) is 12.8. The summed E-state index contributed by atoms with van der Waals surface area (Å²) in [6, 6.07) is 5.14. The van der Waals surface area contributed by atoms with E-state index in [-0.39, 0.29) is 18.1 Å². The third-order valence-corrected chi connectivity index (χ3v) is 3.17. The fraction of sp³-hybridized carbons (Fsp3) is 0.467. The Hall–Kier alpha value is -1.76. The molecule has 1 aliphatic rings. The molecule has 2 atom stereocenters. The van der Waals surface area contributed by atoms with E-state index in [9.17, 15) is 5.11 Å². The molecule has 0 radical (unpaired) electrons. The summed E-state index contributed by atoms with van der Waals surface area (Å²) in [7, 11) is 5.16. The first-order valence-corrected chi connectivity index (χ1v) is 6.77. The van der Waals surface area contributed by atoms with Crippen LogP contribution in [0.15, 0.2) is 24.3 Å². The molecule has 6 nitrogen and oxygen atoms in total. The molecular weight excluding hydrogens is 272 g/mol. The minimum Gasteiger partial charge on any atom is -0.508 e. The lowest BCUT2D eigenvalue weighted by Gasteiger charge is -2.18. The van der Waals surface area contributed by atoms with Crippen LogP contribution in [-0.4, -0.2) is 50.3 Å². The maximum absolute atomic E-state index is 9.87. The van der Waals surface area contributed by atoms with Gasteiger partial charge >= 0.3 is 0 Å². The van der Waals surface area contributed by atoms with Crippen molar-refractivity contribution in [1.29, 1.82) is 0 Å². The molecule has 0 aromatic heterocycles. The highest BCUT2D eigenvalue weighted by Gasteiger charge is 2.22. The summed E-state index contributed by atoms with van der Waals surface area (Å²) < 4.78 is 16.1. The summed E-state index contributed by atoms with van der Waals surface area (Å²) in [5.41, 5.74) is 4.88. The topological polar surface area (TPSA) is 63.2 Å². The highest BCUT2D eigenvalue weighted by molar-refractivity contribution is 5.68. The molecule has 1 aliphatic heterocycles. The van der Waals surface area contributed by atoms with Gasteiger partial charge in [-0.15, -0.1) is 0 Å². The van der Waals surface area contributed by atoms with Gasteiger partial charge in [0, 0.05) is 32.9 Å². The van der Waals surface area contributed by atoms with Crippen LogP contribution < -0.4 is 10.2 Å². The fourth-order valence-electron chi connectivity index (χ4n) is 2.24. The summed E-state index contributed by atoms with van der Waals surface area (Å²) in [6.07, 6.45) is 1.71. The van der Waals surface area contributed by atoms with E-state index >= 15 is 0 Å². The van der Waals surface area contributed by atoms with Crippen molar-refractivity contribution in [3.05, 3.63) is 29.8 Å². The molecule has 1 aromatic carbocycles. The van der Waals surface area contributed by atoms with Gasteiger partial charge < -0.3 is 24.7 Å². The number of nitrogens with one attached hydrogen (secondary N) is 1. The Morgan fingerprint density at radius 2 is 2.10 bits per heavy atom. The number of ether oxygens (including phenoxy) is 3. The van der Waals surface area contributed by atoms with Gasteiger partial charge in [0.15, 0.2) is 0 Å². The van der Waals surface area contributed by atoms with Gasteiger partial charge in [-0.25, -0.2) is 0 Å². The minimum atomic E-state index is -0.140. The third kappa shape index (κ3) is 3.87. The average Bonchev–Trinajstić information content (AvgIpc) is 2.79. The van der Waals surface area contributed by atoms with E-state index in [0.717, 1.165) is 11.3 Å². The van der Waals surface area contributed by atoms with E-state index in [0.29, 0.717) is 12.4 Å². The van der Waals surface area contributed by atoms with E-state index in [1.54, 1.807) is 26.4 Å². The molecule has 0 saturated heterocycles. The lowest BCUT2D eigenvalue weighted by atomic mass is 10.1. The average molecular weight is 294 g/mol. The van der Waals surface area contributed by atoms with Crippen LogP contribution in [0.2, 0.25) is 0 Å². The number of benzene rings is 1. The number of hydrazine groups is 1. The van der Waals surface area contributed by atoms with Crippen molar-refractivity contribution >= 4 is 5.70 Å². The lowest BCUT2D eigenvalue weighted by Crippen LogP contribution is -2.35. The molecule has 1 aromatic rings. The number of nitrogens with zero attached hydrogens (tertiary/aromatic N) is 1. The molecule has 0 saturated carbocycles. The van der Waals surface area contributed by atoms with Gasteiger partial charge in [-0.1, -0.05) is 0 Å². The molecule has 2 unspecified atom stereocenters. The van der Waals surface area contributed by atoms with Crippen molar-refractivity contribution < 1.29 is 19.3 Å². The number of phenols is 1. The standard InChI is InChI=1S/C15H22N2O4/c1-10(9-19-3)21-13-6-11(5-12(18)7-13)14-8-15(20-4)17(2)16-14/h5-8,10,15-16,18H,9H2,1-4H3. The van der Waals surface area contributed by atoms with Crippen LogP contribution in [0.5, 0.6) is 11.5 Å². The van der Waals surface area contributed by atoms with Crippen molar-refractivity contribution in [2.24, 2.45) is 0 Å². The highest BCUT2D eigenvalue weighted by atomic mass is 16.5. The van der Waals surface area contributed by atoms with Crippen LogP contribution in [0.3, 0.4) is 0 Å². The van der Waals surface area contributed by atoms with E-state index in [1.807, 2.05) is 31.1 Å². The van der Waals surface area contributed by atoms with Crippen molar-refractivity contribution in [3.8, 4) is 11.5 Å². The Labute approximate surface area is 124 Å². The van der Waals surface area contributed by atoms with Crippen LogP contribution in [0.4, 0.5) is 0 Å². The monoisotopic (exact) mass is 294 g/mol. The van der Waals surface area contributed by atoms with Crippen LogP contribution in [-0.2, 0) is 9.47 Å². The quantitative estimate of drug-likeness (QED) is 0.830. The predicted molar refractivity (Wildman–Crippen MR) is 79.7 cm³/mol. The smallest absolute Gasteiger partial charge is 0.147 e. The first-order chi connectivity index (χ1) is 10.0. The van der Waals surface area contributed by atoms with Gasteiger partial charge in [0.2, 0.25) is 0 Å². The number of likely N-dealkylation sites (N-methyl/N-ethyl adjacent to an activating group) is 1. The van der Waals surface area contributed by atoms with Crippen LogP contribution in [0, 0.1) is 0 Å². The fourth-order valence-corrected chi connectivity index (χ4v) is 2.24. The molecule has 0 fully saturated rings. The lowest BCUT2D eigenvalue weighted by molar-refractivity contribution is 0.0127. The van der Waals surface area contributed by atoms with Gasteiger partial charge in [-0.2, -0.15) is 5.01 Å². The second-order valence-corrected chi connectivity index (χ2v) is 5.03.